The molecule has 1 heterocycles. The van der Waals surface area contributed by atoms with Crippen molar-refractivity contribution in [1.82, 2.24) is 10.6 Å². The van der Waals surface area contributed by atoms with Gasteiger partial charge in [-0.15, -0.1) is 12.4 Å². The van der Waals surface area contributed by atoms with Crippen molar-refractivity contribution >= 4 is 18.3 Å². The van der Waals surface area contributed by atoms with Gasteiger partial charge < -0.3 is 15.4 Å². The number of carbonyl (C=O) groups is 1. The summed E-state index contributed by atoms with van der Waals surface area (Å²) in [4.78, 5) is 11.5. The van der Waals surface area contributed by atoms with Crippen LogP contribution in [0.1, 0.15) is 32.6 Å². The lowest BCUT2D eigenvalue weighted by molar-refractivity contribution is -0.121. The van der Waals surface area contributed by atoms with Gasteiger partial charge in [0.1, 0.15) is 0 Å². The maximum atomic E-state index is 11.5. The Hall–Kier alpha value is -0.320. The van der Waals surface area contributed by atoms with E-state index in [1.54, 1.807) is 0 Å². The van der Waals surface area contributed by atoms with Crippen LogP contribution in [0.25, 0.3) is 0 Å². The highest BCUT2D eigenvalue weighted by molar-refractivity contribution is 5.85. The molecule has 0 aromatic rings. The number of amides is 1. The second-order valence-electron chi connectivity index (χ2n) is 4.30. The zero-order valence-corrected chi connectivity index (χ0v) is 11.5. The van der Waals surface area contributed by atoms with Crippen molar-refractivity contribution in [1.29, 1.82) is 0 Å². The number of hydrogen-bond donors (Lipinski definition) is 2. The summed E-state index contributed by atoms with van der Waals surface area (Å²) in [5.74, 6) is 0.887. The number of ether oxygens (including phenoxy) is 1. The first-order chi connectivity index (χ1) is 7.83. The summed E-state index contributed by atoms with van der Waals surface area (Å²) in [6, 6.07) is 0. The first-order valence-corrected chi connectivity index (χ1v) is 6.38. The van der Waals surface area contributed by atoms with Gasteiger partial charge in [-0.1, -0.05) is 0 Å². The quantitative estimate of drug-likeness (QED) is 0.651. The Morgan fingerprint density at radius 1 is 1.53 bits per heavy atom. The maximum absolute atomic E-state index is 11.5. The fourth-order valence-electron chi connectivity index (χ4n) is 1.93. The van der Waals surface area contributed by atoms with E-state index in [-0.39, 0.29) is 18.3 Å². The third-order valence-electron chi connectivity index (χ3n) is 2.93. The van der Waals surface area contributed by atoms with Crippen LogP contribution in [-0.4, -0.2) is 38.8 Å². The van der Waals surface area contributed by atoms with Gasteiger partial charge in [0.15, 0.2) is 0 Å². The zero-order chi connectivity index (χ0) is 11.6. The van der Waals surface area contributed by atoms with E-state index in [4.69, 9.17) is 4.74 Å². The van der Waals surface area contributed by atoms with Crippen molar-refractivity contribution in [3.8, 4) is 0 Å². The van der Waals surface area contributed by atoms with Crippen molar-refractivity contribution in [3.05, 3.63) is 0 Å². The van der Waals surface area contributed by atoms with Gasteiger partial charge in [0.05, 0.1) is 0 Å². The Balaban J connectivity index is 0.00000256. The Morgan fingerprint density at radius 2 is 2.35 bits per heavy atom. The predicted molar refractivity (Wildman–Crippen MR) is 71.6 cm³/mol. The van der Waals surface area contributed by atoms with E-state index in [0.717, 1.165) is 45.7 Å². The van der Waals surface area contributed by atoms with E-state index in [0.29, 0.717) is 12.3 Å². The molecule has 5 heteroatoms. The topological polar surface area (TPSA) is 50.4 Å². The molecule has 0 saturated carbocycles. The first-order valence-electron chi connectivity index (χ1n) is 6.38. The molecule has 1 atom stereocenters. The molecule has 0 bridgehead atoms. The van der Waals surface area contributed by atoms with Crippen molar-refractivity contribution in [3.63, 3.8) is 0 Å². The number of rotatable bonds is 8. The van der Waals surface area contributed by atoms with Crippen LogP contribution < -0.4 is 10.6 Å². The second-order valence-corrected chi connectivity index (χ2v) is 4.30. The lowest BCUT2D eigenvalue weighted by Gasteiger charge is -2.08. The van der Waals surface area contributed by atoms with Gasteiger partial charge in [-0.3, -0.25) is 4.79 Å². The van der Waals surface area contributed by atoms with E-state index < -0.39 is 0 Å². The molecule has 0 aliphatic carbocycles. The molecule has 1 fully saturated rings. The van der Waals surface area contributed by atoms with Gasteiger partial charge in [-0.05, 0) is 45.2 Å². The minimum Gasteiger partial charge on any atom is -0.382 e. The van der Waals surface area contributed by atoms with Crippen molar-refractivity contribution < 1.29 is 9.53 Å². The minimum atomic E-state index is 0. The third-order valence-corrected chi connectivity index (χ3v) is 2.93. The van der Waals surface area contributed by atoms with Crippen molar-refractivity contribution in [2.24, 2.45) is 5.92 Å². The van der Waals surface area contributed by atoms with Gasteiger partial charge in [0, 0.05) is 26.2 Å². The largest absolute Gasteiger partial charge is 0.382 e. The van der Waals surface area contributed by atoms with Crippen LogP contribution >= 0.6 is 12.4 Å². The number of carbonyl (C=O) groups excluding carboxylic acids is 1. The monoisotopic (exact) mass is 264 g/mol. The highest BCUT2D eigenvalue weighted by Crippen LogP contribution is 2.13. The molecule has 102 valence electrons. The molecule has 1 amide bonds. The van der Waals surface area contributed by atoms with Gasteiger partial charge in [-0.2, -0.15) is 0 Å². The van der Waals surface area contributed by atoms with Crippen molar-refractivity contribution in [2.75, 3.05) is 32.8 Å². The van der Waals surface area contributed by atoms with Crippen LogP contribution in [0.4, 0.5) is 0 Å². The fourth-order valence-corrected chi connectivity index (χ4v) is 1.93. The van der Waals surface area contributed by atoms with E-state index in [1.165, 1.54) is 6.42 Å². The van der Waals surface area contributed by atoms with Gasteiger partial charge in [0.2, 0.25) is 5.91 Å². The van der Waals surface area contributed by atoms with E-state index in [2.05, 4.69) is 10.6 Å². The molecular formula is C12H25ClN2O2. The Labute approximate surface area is 110 Å². The number of halogens is 1. The lowest BCUT2D eigenvalue weighted by Crippen LogP contribution is -2.25. The third kappa shape index (κ3) is 8.41. The summed E-state index contributed by atoms with van der Waals surface area (Å²) < 4.78 is 5.20. The predicted octanol–water partition coefficient (Wildman–Crippen LogP) is 1.34. The van der Waals surface area contributed by atoms with Gasteiger partial charge >= 0.3 is 0 Å². The van der Waals surface area contributed by atoms with E-state index in [9.17, 15) is 4.79 Å². The second kappa shape index (κ2) is 10.8. The Bertz CT molecular complexity index is 197. The summed E-state index contributed by atoms with van der Waals surface area (Å²) in [5, 5.41) is 6.24. The van der Waals surface area contributed by atoms with Crippen LogP contribution in [-0.2, 0) is 9.53 Å². The average Bonchev–Trinajstić information content (AvgIpc) is 2.79. The molecule has 1 saturated heterocycles. The normalized spacial score (nSPS) is 18.8. The van der Waals surface area contributed by atoms with E-state index >= 15 is 0 Å². The Morgan fingerprint density at radius 3 is 3.00 bits per heavy atom. The van der Waals surface area contributed by atoms with Crippen LogP contribution in [0, 0.1) is 5.92 Å². The molecule has 17 heavy (non-hydrogen) atoms. The van der Waals surface area contributed by atoms with Crippen LogP contribution in [0.3, 0.4) is 0 Å². The molecule has 4 nitrogen and oxygen atoms in total. The molecule has 2 N–H and O–H groups in total. The van der Waals surface area contributed by atoms with E-state index in [1.807, 2.05) is 6.92 Å². The standard InChI is InChI=1S/C12H24N2O2.ClH/c1-2-16-9-3-7-14-12(15)5-4-11-6-8-13-10-11;/h11,13H,2-10H2,1H3,(H,14,15);1H. The lowest BCUT2D eigenvalue weighted by atomic mass is 10.0. The smallest absolute Gasteiger partial charge is 0.220 e. The molecule has 0 radical (unpaired) electrons. The number of hydrogen-bond acceptors (Lipinski definition) is 3. The summed E-state index contributed by atoms with van der Waals surface area (Å²) in [6.07, 6.45) is 3.81. The minimum absolute atomic E-state index is 0. The molecule has 0 spiro atoms. The molecule has 0 aromatic carbocycles. The van der Waals surface area contributed by atoms with Crippen LogP contribution in [0.2, 0.25) is 0 Å². The Kier molecular flexibility index (Phi) is 10.6. The zero-order valence-electron chi connectivity index (χ0n) is 10.7. The molecular weight excluding hydrogens is 240 g/mol. The number of nitrogens with one attached hydrogen (secondary N) is 2. The molecule has 1 rings (SSSR count). The molecule has 1 unspecified atom stereocenters. The average molecular weight is 265 g/mol. The highest BCUT2D eigenvalue weighted by atomic mass is 35.5. The van der Waals surface area contributed by atoms with Crippen molar-refractivity contribution in [2.45, 2.75) is 32.6 Å². The summed E-state index contributed by atoms with van der Waals surface area (Å²) >= 11 is 0. The molecule has 0 aromatic heterocycles. The fraction of sp³-hybridized carbons (Fsp3) is 0.917. The summed E-state index contributed by atoms with van der Waals surface area (Å²) in [7, 11) is 0. The molecule has 1 aliphatic rings. The summed E-state index contributed by atoms with van der Waals surface area (Å²) in [6.45, 7) is 6.40. The van der Waals surface area contributed by atoms with Gasteiger partial charge in [-0.25, -0.2) is 0 Å². The van der Waals surface area contributed by atoms with Gasteiger partial charge in [0.25, 0.3) is 0 Å². The van der Waals surface area contributed by atoms with Crippen LogP contribution in [0.5, 0.6) is 0 Å². The highest BCUT2D eigenvalue weighted by Gasteiger charge is 2.15. The summed E-state index contributed by atoms with van der Waals surface area (Å²) in [5.41, 5.74) is 0. The van der Waals surface area contributed by atoms with Crippen LogP contribution in [0.15, 0.2) is 0 Å². The molecule has 1 aliphatic heterocycles. The first kappa shape index (κ1) is 16.7. The SMILES string of the molecule is CCOCCCNC(=O)CCC1CCNC1.Cl. The maximum Gasteiger partial charge on any atom is 0.220 e.